The second-order valence-corrected chi connectivity index (χ2v) is 6.32. The number of aromatic nitrogens is 1. The van der Waals surface area contributed by atoms with E-state index in [2.05, 4.69) is 42.1 Å². The Balaban J connectivity index is 2.20. The lowest BCUT2D eigenvalue weighted by Gasteiger charge is -2.06. The third-order valence-electron chi connectivity index (χ3n) is 3.54. The highest BCUT2D eigenvalue weighted by Gasteiger charge is 2.09. The molecule has 1 N–H and O–H groups in total. The van der Waals surface area contributed by atoms with E-state index in [9.17, 15) is 0 Å². The van der Waals surface area contributed by atoms with E-state index in [1.807, 2.05) is 6.07 Å². The first-order valence-corrected chi connectivity index (χ1v) is 7.96. The molecule has 2 rings (SSSR count). The molecule has 116 valence electrons. The molecule has 0 aliphatic rings. The SMILES string of the molecule is COCCCn1cc(CNCC(C)C)c2ccc(Cl)cc21. The van der Waals surface area contributed by atoms with Gasteiger partial charge in [0.2, 0.25) is 0 Å². The monoisotopic (exact) mass is 308 g/mol. The summed E-state index contributed by atoms with van der Waals surface area (Å²) in [6, 6.07) is 6.14. The molecular formula is C17H25ClN2O. The molecule has 1 aromatic carbocycles. The lowest BCUT2D eigenvalue weighted by molar-refractivity contribution is 0.190. The van der Waals surface area contributed by atoms with Crippen molar-refractivity contribution in [2.24, 2.45) is 5.92 Å². The van der Waals surface area contributed by atoms with Crippen LogP contribution in [0.1, 0.15) is 25.8 Å². The van der Waals surface area contributed by atoms with Gasteiger partial charge in [0.05, 0.1) is 0 Å². The Labute approximate surface area is 132 Å². The Morgan fingerprint density at radius 3 is 2.86 bits per heavy atom. The van der Waals surface area contributed by atoms with Crippen LogP contribution in [0.5, 0.6) is 0 Å². The number of fused-ring (bicyclic) bond motifs is 1. The first kappa shape index (κ1) is 16.3. The van der Waals surface area contributed by atoms with Gasteiger partial charge in [0.25, 0.3) is 0 Å². The second-order valence-electron chi connectivity index (χ2n) is 5.88. The summed E-state index contributed by atoms with van der Waals surface area (Å²) in [5, 5.41) is 5.59. The zero-order valence-corrected chi connectivity index (χ0v) is 13.9. The van der Waals surface area contributed by atoms with Crippen molar-refractivity contribution in [1.29, 1.82) is 0 Å². The van der Waals surface area contributed by atoms with Gasteiger partial charge >= 0.3 is 0 Å². The zero-order chi connectivity index (χ0) is 15.2. The van der Waals surface area contributed by atoms with Crippen molar-refractivity contribution in [2.75, 3.05) is 20.3 Å². The van der Waals surface area contributed by atoms with Gasteiger partial charge in [-0.25, -0.2) is 0 Å². The first-order chi connectivity index (χ1) is 10.1. The summed E-state index contributed by atoms with van der Waals surface area (Å²) in [6.45, 7) is 8.11. The average molecular weight is 309 g/mol. The van der Waals surface area contributed by atoms with Gasteiger partial charge in [-0.3, -0.25) is 0 Å². The molecule has 0 aliphatic heterocycles. The molecule has 0 aliphatic carbocycles. The first-order valence-electron chi connectivity index (χ1n) is 7.58. The number of halogens is 1. The summed E-state index contributed by atoms with van der Waals surface area (Å²) in [5.74, 6) is 0.662. The molecule has 1 heterocycles. The second kappa shape index (κ2) is 7.83. The maximum atomic E-state index is 6.15. The van der Waals surface area contributed by atoms with Crippen LogP contribution >= 0.6 is 11.6 Å². The molecule has 0 unspecified atom stereocenters. The summed E-state index contributed by atoms with van der Waals surface area (Å²) in [7, 11) is 1.74. The molecule has 0 amide bonds. The maximum absolute atomic E-state index is 6.15. The maximum Gasteiger partial charge on any atom is 0.0498 e. The molecule has 0 saturated heterocycles. The van der Waals surface area contributed by atoms with Crippen LogP contribution in [0.25, 0.3) is 10.9 Å². The van der Waals surface area contributed by atoms with Crippen LogP contribution in [-0.2, 0) is 17.8 Å². The van der Waals surface area contributed by atoms with Gasteiger partial charge in [0, 0.05) is 48.9 Å². The van der Waals surface area contributed by atoms with E-state index in [-0.39, 0.29) is 0 Å². The summed E-state index contributed by atoms with van der Waals surface area (Å²) >= 11 is 6.15. The average Bonchev–Trinajstić information content (AvgIpc) is 2.76. The number of benzene rings is 1. The topological polar surface area (TPSA) is 26.2 Å². The van der Waals surface area contributed by atoms with Crippen molar-refractivity contribution in [3.63, 3.8) is 0 Å². The lowest BCUT2D eigenvalue weighted by Crippen LogP contribution is -2.18. The summed E-state index contributed by atoms with van der Waals surface area (Å²) in [5.41, 5.74) is 2.54. The van der Waals surface area contributed by atoms with Crippen molar-refractivity contribution in [1.82, 2.24) is 9.88 Å². The minimum Gasteiger partial charge on any atom is -0.385 e. The van der Waals surface area contributed by atoms with E-state index >= 15 is 0 Å². The summed E-state index contributed by atoms with van der Waals surface area (Å²) in [4.78, 5) is 0. The molecule has 21 heavy (non-hydrogen) atoms. The predicted molar refractivity (Wildman–Crippen MR) is 90.0 cm³/mol. The molecule has 0 spiro atoms. The molecule has 0 atom stereocenters. The standard InChI is InChI=1S/C17H25ClN2O/c1-13(2)10-19-11-14-12-20(7-4-8-21-3)17-9-15(18)5-6-16(14)17/h5-6,9,12-13,19H,4,7-8,10-11H2,1-3H3. The van der Waals surface area contributed by atoms with E-state index < -0.39 is 0 Å². The van der Waals surface area contributed by atoms with Crippen molar-refractivity contribution in [3.8, 4) is 0 Å². The van der Waals surface area contributed by atoms with E-state index in [0.717, 1.165) is 37.7 Å². The zero-order valence-electron chi connectivity index (χ0n) is 13.2. The third-order valence-corrected chi connectivity index (χ3v) is 3.78. The van der Waals surface area contributed by atoms with Gasteiger partial charge in [0.1, 0.15) is 0 Å². The molecule has 3 nitrogen and oxygen atoms in total. The Hall–Kier alpha value is -1.03. The van der Waals surface area contributed by atoms with Gasteiger partial charge in [-0.1, -0.05) is 31.5 Å². The number of rotatable bonds is 8. The highest BCUT2D eigenvalue weighted by atomic mass is 35.5. The van der Waals surface area contributed by atoms with Crippen LogP contribution in [0, 0.1) is 5.92 Å². The largest absolute Gasteiger partial charge is 0.385 e. The van der Waals surface area contributed by atoms with Crippen molar-refractivity contribution in [3.05, 3.63) is 35.0 Å². The Morgan fingerprint density at radius 1 is 1.33 bits per heavy atom. The molecule has 0 fully saturated rings. The highest BCUT2D eigenvalue weighted by Crippen LogP contribution is 2.25. The van der Waals surface area contributed by atoms with Crippen molar-refractivity contribution >= 4 is 22.5 Å². The predicted octanol–water partition coefficient (Wildman–Crippen LogP) is 4.08. The Kier molecular flexibility index (Phi) is 6.09. The number of nitrogens with zero attached hydrogens (tertiary/aromatic N) is 1. The van der Waals surface area contributed by atoms with E-state index in [4.69, 9.17) is 16.3 Å². The number of nitrogens with one attached hydrogen (secondary N) is 1. The number of ether oxygens (including phenoxy) is 1. The normalized spacial score (nSPS) is 11.7. The quantitative estimate of drug-likeness (QED) is 0.744. The molecule has 2 aromatic rings. The molecule has 1 aromatic heterocycles. The van der Waals surface area contributed by atoms with E-state index in [1.165, 1.54) is 16.5 Å². The fourth-order valence-corrected chi connectivity index (χ4v) is 2.71. The van der Waals surface area contributed by atoms with Gasteiger partial charge in [0.15, 0.2) is 0 Å². The van der Waals surface area contributed by atoms with E-state index in [1.54, 1.807) is 7.11 Å². The molecule has 0 saturated carbocycles. The lowest BCUT2D eigenvalue weighted by atomic mass is 10.1. The van der Waals surface area contributed by atoms with Crippen LogP contribution in [0.15, 0.2) is 24.4 Å². The highest BCUT2D eigenvalue weighted by molar-refractivity contribution is 6.31. The van der Waals surface area contributed by atoms with Crippen LogP contribution < -0.4 is 5.32 Å². The Morgan fingerprint density at radius 2 is 2.14 bits per heavy atom. The van der Waals surface area contributed by atoms with Gasteiger partial charge in [-0.15, -0.1) is 0 Å². The van der Waals surface area contributed by atoms with Crippen molar-refractivity contribution in [2.45, 2.75) is 33.4 Å². The van der Waals surface area contributed by atoms with E-state index in [0.29, 0.717) is 5.92 Å². The molecule has 0 radical (unpaired) electrons. The van der Waals surface area contributed by atoms with Gasteiger partial charge in [-0.2, -0.15) is 0 Å². The minimum atomic E-state index is 0.662. The van der Waals surface area contributed by atoms with Crippen LogP contribution in [0.3, 0.4) is 0 Å². The van der Waals surface area contributed by atoms with Gasteiger partial charge < -0.3 is 14.6 Å². The molecule has 4 heteroatoms. The number of aryl methyl sites for hydroxylation is 1. The molecular weight excluding hydrogens is 284 g/mol. The third kappa shape index (κ3) is 4.47. The summed E-state index contributed by atoms with van der Waals surface area (Å²) < 4.78 is 7.43. The summed E-state index contributed by atoms with van der Waals surface area (Å²) in [6.07, 6.45) is 3.25. The fraction of sp³-hybridized carbons (Fsp3) is 0.529. The van der Waals surface area contributed by atoms with Crippen LogP contribution in [0.4, 0.5) is 0 Å². The van der Waals surface area contributed by atoms with Crippen LogP contribution in [0.2, 0.25) is 5.02 Å². The number of methoxy groups -OCH3 is 1. The number of hydrogen-bond donors (Lipinski definition) is 1. The van der Waals surface area contributed by atoms with Crippen molar-refractivity contribution < 1.29 is 4.74 Å². The fourth-order valence-electron chi connectivity index (χ4n) is 2.54. The number of hydrogen-bond acceptors (Lipinski definition) is 2. The smallest absolute Gasteiger partial charge is 0.0498 e. The van der Waals surface area contributed by atoms with Crippen LogP contribution in [-0.4, -0.2) is 24.8 Å². The van der Waals surface area contributed by atoms with Gasteiger partial charge in [-0.05, 0) is 36.6 Å². The minimum absolute atomic E-state index is 0.662. The Bertz CT molecular complexity index is 577. The molecule has 0 bridgehead atoms.